The predicted molar refractivity (Wildman–Crippen MR) is 159 cm³/mol. The van der Waals surface area contributed by atoms with E-state index in [0.717, 1.165) is 0 Å². The molecule has 0 bridgehead atoms. The fourth-order valence-electron chi connectivity index (χ4n) is 4.66. The molecule has 220 valence electrons. The SMILES string of the molecule is CCS(=O)(=O)CCNCC1(c2cc3c(Nc4ccc(OCc5cccc(F)c5)c(Cl)c4)ncnc3cc2F)CC=CO1. The summed E-state index contributed by atoms with van der Waals surface area (Å²) in [4.78, 5) is 8.61. The van der Waals surface area contributed by atoms with E-state index in [2.05, 4.69) is 20.6 Å². The number of rotatable bonds is 12. The molecular formula is C30H29ClF2N4O4S. The molecule has 0 saturated heterocycles. The Morgan fingerprint density at radius 1 is 1.12 bits per heavy atom. The molecule has 0 radical (unpaired) electrons. The van der Waals surface area contributed by atoms with E-state index < -0.39 is 21.3 Å². The van der Waals surface area contributed by atoms with Crippen molar-refractivity contribution in [3.8, 4) is 5.75 Å². The van der Waals surface area contributed by atoms with Crippen LogP contribution in [0, 0.1) is 11.6 Å². The monoisotopic (exact) mass is 614 g/mol. The van der Waals surface area contributed by atoms with Gasteiger partial charge in [0, 0.05) is 48.0 Å². The number of ether oxygens (including phenoxy) is 2. The first kappa shape index (κ1) is 29.7. The van der Waals surface area contributed by atoms with Gasteiger partial charge in [-0.1, -0.05) is 30.7 Å². The normalized spacial score (nSPS) is 16.5. The molecule has 2 heterocycles. The number of fused-ring (bicyclic) bond motifs is 1. The number of sulfone groups is 1. The second-order valence-electron chi connectivity index (χ2n) is 9.86. The van der Waals surface area contributed by atoms with Crippen LogP contribution in [0.2, 0.25) is 5.02 Å². The summed E-state index contributed by atoms with van der Waals surface area (Å²) in [6, 6.07) is 14.2. The Morgan fingerprint density at radius 3 is 2.71 bits per heavy atom. The summed E-state index contributed by atoms with van der Waals surface area (Å²) in [5.74, 6) is 0.0444. The molecule has 1 aliphatic heterocycles. The van der Waals surface area contributed by atoms with Crippen molar-refractivity contribution in [3.05, 3.63) is 101 Å². The molecule has 1 aromatic heterocycles. The van der Waals surface area contributed by atoms with Crippen LogP contribution in [0.1, 0.15) is 24.5 Å². The van der Waals surface area contributed by atoms with Gasteiger partial charge in [-0.05, 0) is 48.0 Å². The molecule has 42 heavy (non-hydrogen) atoms. The smallest absolute Gasteiger partial charge is 0.152 e. The van der Waals surface area contributed by atoms with Crippen LogP contribution >= 0.6 is 11.6 Å². The van der Waals surface area contributed by atoms with Crippen LogP contribution in [0.5, 0.6) is 5.75 Å². The molecule has 3 aromatic carbocycles. The standard InChI is InChI=1S/C30H29ClF2N4O4S/c1-2-42(38,39)12-10-34-18-30(9-4-11-41-30)24-15-23-27(16-26(24)33)35-19-36-29(23)37-22-7-8-28(25(31)14-22)40-17-20-5-3-6-21(32)13-20/h3-8,11,13-16,19,34H,2,9-10,12,17-18H2,1H3,(H,35,36,37). The lowest BCUT2D eigenvalue weighted by Gasteiger charge is -2.30. The molecule has 2 N–H and O–H groups in total. The minimum atomic E-state index is -3.14. The number of hydrogen-bond donors (Lipinski definition) is 2. The van der Waals surface area contributed by atoms with E-state index in [1.54, 1.807) is 49.4 Å². The molecular weight excluding hydrogens is 586 g/mol. The summed E-state index contributed by atoms with van der Waals surface area (Å²) in [6.45, 7) is 2.17. The third-order valence-electron chi connectivity index (χ3n) is 6.97. The van der Waals surface area contributed by atoms with Crippen molar-refractivity contribution in [1.82, 2.24) is 15.3 Å². The maximum atomic E-state index is 15.5. The van der Waals surface area contributed by atoms with E-state index in [1.807, 2.05) is 0 Å². The molecule has 1 aliphatic rings. The minimum absolute atomic E-state index is 0.0215. The fourth-order valence-corrected chi connectivity index (χ4v) is 5.64. The lowest BCUT2D eigenvalue weighted by atomic mass is 9.89. The van der Waals surface area contributed by atoms with Gasteiger partial charge in [0.2, 0.25) is 0 Å². The van der Waals surface area contributed by atoms with E-state index >= 15 is 4.39 Å². The first-order chi connectivity index (χ1) is 20.2. The number of hydrogen-bond acceptors (Lipinski definition) is 8. The highest BCUT2D eigenvalue weighted by molar-refractivity contribution is 7.91. The zero-order valence-electron chi connectivity index (χ0n) is 22.7. The lowest BCUT2D eigenvalue weighted by molar-refractivity contribution is 0.0385. The highest BCUT2D eigenvalue weighted by Gasteiger charge is 2.38. The van der Waals surface area contributed by atoms with Crippen LogP contribution in [0.15, 0.2) is 73.3 Å². The summed E-state index contributed by atoms with van der Waals surface area (Å²) in [5, 5.41) is 7.23. The van der Waals surface area contributed by atoms with Crippen molar-refractivity contribution in [2.24, 2.45) is 0 Å². The predicted octanol–water partition coefficient (Wildman–Crippen LogP) is 6.04. The van der Waals surface area contributed by atoms with Crippen molar-refractivity contribution in [2.75, 3.05) is 29.9 Å². The van der Waals surface area contributed by atoms with E-state index in [-0.39, 0.29) is 37.0 Å². The Labute approximate surface area is 247 Å². The molecule has 12 heteroatoms. The summed E-state index contributed by atoms with van der Waals surface area (Å²) >= 11 is 6.47. The third-order valence-corrected chi connectivity index (χ3v) is 8.97. The Bertz CT molecular complexity index is 1730. The van der Waals surface area contributed by atoms with Crippen LogP contribution in [-0.4, -0.2) is 43.0 Å². The largest absolute Gasteiger partial charge is 0.489 e. The lowest BCUT2D eigenvalue weighted by Crippen LogP contribution is -2.40. The first-order valence-corrected chi connectivity index (χ1v) is 15.5. The molecule has 1 unspecified atom stereocenters. The van der Waals surface area contributed by atoms with E-state index in [0.29, 0.717) is 50.7 Å². The van der Waals surface area contributed by atoms with Gasteiger partial charge in [0.25, 0.3) is 0 Å². The van der Waals surface area contributed by atoms with Crippen LogP contribution < -0.4 is 15.4 Å². The molecule has 0 aliphatic carbocycles. The minimum Gasteiger partial charge on any atom is -0.489 e. The molecule has 1 atom stereocenters. The van der Waals surface area contributed by atoms with Gasteiger partial charge in [0.1, 0.15) is 36.1 Å². The van der Waals surface area contributed by atoms with Gasteiger partial charge in [-0.15, -0.1) is 0 Å². The van der Waals surface area contributed by atoms with Gasteiger partial charge in [-0.2, -0.15) is 0 Å². The topological polar surface area (TPSA) is 102 Å². The quantitative estimate of drug-likeness (QED) is 0.186. The van der Waals surface area contributed by atoms with Crippen molar-refractivity contribution in [2.45, 2.75) is 25.6 Å². The van der Waals surface area contributed by atoms with Gasteiger partial charge in [0.15, 0.2) is 15.4 Å². The highest BCUT2D eigenvalue weighted by Crippen LogP contribution is 2.39. The van der Waals surface area contributed by atoms with Gasteiger partial charge in [-0.3, -0.25) is 0 Å². The molecule has 8 nitrogen and oxygen atoms in total. The van der Waals surface area contributed by atoms with Crippen molar-refractivity contribution < 1.29 is 26.7 Å². The number of nitrogens with one attached hydrogen (secondary N) is 2. The average Bonchev–Trinajstić information content (AvgIpc) is 3.44. The maximum Gasteiger partial charge on any atom is 0.152 e. The van der Waals surface area contributed by atoms with Crippen molar-refractivity contribution in [3.63, 3.8) is 0 Å². The maximum absolute atomic E-state index is 15.5. The third kappa shape index (κ3) is 6.80. The van der Waals surface area contributed by atoms with Gasteiger partial charge in [-0.25, -0.2) is 27.2 Å². The van der Waals surface area contributed by atoms with Gasteiger partial charge < -0.3 is 20.1 Å². The summed E-state index contributed by atoms with van der Waals surface area (Å²) in [5.41, 5.74) is 0.895. The van der Waals surface area contributed by atoms with Crippen LogP contribution in [0.25, 0.3) is 10.9 Å². The van der Waals surface area contributed by atoms with Crippen LogP contribution in [0.3, 0.4) is 0 Å². The Morgan fingerprint density at radius 2 is 1.98 bits per heavy atom. The Hall–Kier alpha value is -3.80. The number of benzene rings is 3. The average molecular weight is 615 g/mol. The zero-order valence-corrected chi connectivity index (χ0v) is 24.3. The fraction of sp³-hybridized carbons (Fsp3) is 0.267. The zero-order chi connectivity index (χ0) is 29.7. The number of aromatic nitrogens is 2. The van der Waals surface area contributed by atoms with E-state index in [1.165, 1.54) is 30.8 Å². The molecule has 0 spiro atoms. The van der Waals surface area contributed by atoms with Gasteiger partial charge >= 0.3 is 0 Å². The Balaban J connectivity index is 1.36. The second kappa shape index (κ2) is 12.6. The second-order valence-corrected chi connectivity index (χ2v) is 12.7. The highest BCUT2D eigenvalue weighted by atomic mass is 35.5. The number of halogens is 3. The number of anilines is 2. The molecule has 0 amide bonds. The summed E-state index contributed by atoms with van der Waals surface area (Å²) in [7, 11) is -3.14. The molecule has 0 fully saturated rings. The van der Waals surface area contributed by atoms with E-state index in [4.69, 9.17) is 21.1 Å². The molecule has 4 aromatic rings. The van der Waals surface area contributed by atoms with Gasteiger partial charge in [0.05, 0.1) is 22.6 Å². The van der Waals surface area contributed by atoms with Crippen molar-refractivity contribution in [1.29, 1.82) is 0 Å². The Kier molecular flexibility index (Phi) is 8.91. The molecule has 0 saturated carbocycles. The summed E-state index contributed by atoms with van der Waals surface area (Å²) < 4.78 is 64.4. The first-order valence-electron chi connectivity index (χ1n) is 13.3. The number of nitrogens with zero attached hydrogens (tertiary/aromatic N) is 2. The molecule has 5 rings (SSSR count). The van der Waals surface area contributed by atoms with Crippen molar-refractivity contribution >= 4 is 43.8 Å². The summed E-state index contributed by atoms with van der Waals surface area (Å²) in [6.07, 6.45) is 5.05. The van der Waals surface area contributed by atoms with E-state index in [9.17, 15) is 12.8 Å². The van der Waals surface area contributed by atoms with Crippen LogP contribution in [0.4, 0.5) is 20.3 Å². The van der Waals surface area contributed by atoms with Crippen LogP contribution in [-0.2, 0) is 26.8 Å².